The molecule has 1 aromatic carbocycles. The number of para-hydroxylation sites is 1. The van der Waals surface area contributed by atoms with Crippen LogP contribution in [0.1, 0.15) is 30.2 Å². The molecule has 0 aliphatic heterocycles. The lowest BCUT2D eigenvalue weighted by Gasteiger charge is -2.20. The minimum Gasteiger partial charge on any atom is -0.383 e. The molecule has 4 aromatic heterocycles. The molecule has 5 aromatic rings. The highest BCUT2D eigenvalue weighted by atomic mass is 16.5. The van der Waals surface area contributed by atoms with Crippen LogP contribution in [0.15, 0.2) is 58.2 Å². The molecular formula is C22H21N9O2. The second-order valence-electron chi connectivity index (χ2n) is 7.62. The molecule has 1 unspecified atom stereocenters. The van der Waals surface area contributed by atoms with Crippen LogP contribution in [-0.2, 0) is 0 Å². The molecule has 33 heavy (non-hydrogen) atoms. The molecule has 0 amide bonds. The zero-order chi connectivity index (χ0) is 23.1. The summed E-state index contributed by atoms with van der Waals surface area (Å²) in [5, 5.41) is 11.9. The summed E-state index contributed by atoms with van der Waals surface area (Å²) < 4.78 is 8.49. The molecule has 5 rings (SSSR count). The number of benzene rings is 1. The van der Waals surface area contributed by atoms with Crippen molar-refractivity contribution in [1.82, 2.24) is 34.3 Å². The Kier molecular flexibility index (Phi) is 4.85. The van der Waals surface area contributed by atoms with E-state index in [1.54, 1.807) is 22.2 Å². The summed E-state index contributed by atoms with van der Waals surface area (Å²) in [5.41, 5.74) is 8.39. The molecule has 0 aliphatic carbocycles. The van der Waals surface area contributed by atoms with Gasteiger partial charge in [-0.3, -0.25) is 9.36 Å². The summed E-state index contributed by atoms with van der Waals surface area (Å²) in [5.74, 6) is 1.72. The van der Waals surface area contributed by atoms with Crippen LogP contribution in [0, 0.1) is 13.8 Å². The fourth-order valence-corrected chi connectivity index (χ4v) is 3.73. The molecular weight excluding hydrogens is 422 g/mol. The first kappa shape index (κ1) is 20.4. The van der Waals surface area contributed by atoms with Gasteiger partial charge >= 0.3 is 0 Å². The summed E-state index contributed by atoms with van der Waals surface area (Å²) in [4.78, 5) is 26.2. The van der Waals surface area contributed by atoms with E-state index in [2.05, 4.69) is 25.4 Å². The summed E-state index contributed by atoms with van der Waals surface area (Å²) >= 11 is 0. The molecule has 0 bridgehead atoms. The molecule has 4 heterocycles. The van der Waals surface area contributed by atoms with Gasteiger partial charge in [0.15, 0.2) is 11.6 Å². The maximum atomic E-state index is 13.5. The van der Waals surface area contributed by atoms with E-state index in [9.17, 15) is 4.79 Å². The van der Waals surface area contributed by atoms with Crippen LogP contribution >= 0.6 is 0 Å². The number of nitrogen functional groups attached to an aromatic ring is 1. The topological polar surface area (TPSA) is 142 Å². The largest absolute Gasteiger partial charge is 0.383 e. The maximum Gasteiger partial charge on any atom is 0.282 e. The minimum atomic E-state index is -0.456. The molecule has 11 heteroatoms. The standard InChI is InChI=1S/C22H21N9O2/c1-12-9-10-30-17(12)22(32)31(15-7-5-4-6-8-15)20(28-30)13(2)26-19-16(18(23)24-11-25-19)21-27-14(3)29-33-21/h4-11,13H,1-3H3,(H3,23,24,25,26). The maximum absolute atomic E-state index is 13.5. The second kappa shape index (κ2) is 7.86. The van der Waals surface area contributed by atoms with E-state index in [-0.39, 0.29) is 17.3 Å². The summed E-state index contributed by atoms with van der Waals surface area (Å²) in [7, 11) is 0. The van der Waals surface area contributed by atoms with Gasteiger partial charge in [-0.1, -0.05) is 23.4 Å². The van der Waals surface area contributed by atoms with E-state index >= 15 is 0 Å². The second-order valence-corrected chi connectivity index (χ2v) is 7.62. The predicted molar refractivity (Wildman–Crippen MR) is 122 cm³/mol. The van der Waals surface area contributed by atoms with Crippen LogP contribution in [0.4, 0.5) is 11.6 Å². The Morgan fingerprint density at radius 2 is 1.91 bits per heavy atom. The lowest BCUT2D eigenvalue weighted by atomic mass is 10.2. The van der Waals surface area contributed by atoms with Gasteiger partial charge in [-0.05, 0) is 44.5 Å². The third-order valence-corrected chi connectivity index (χ3v) is 5.29. The van der Waals surface area contributed by atoms with Gasteiger partial charge in [-0.15, -0.1) is 0 Å². The quantitative estimate of drug-likeness (QED) is 0.419. The number of aryl methyl sites for hydroxylation is 2. The van der Waals surface area contributed by atoms with Crippen molar-refractivity contribution in [2.24, 2.45) is 0 Å². The lowest BCUT2D eigenvalue weighted by molar-refractivity contribution is 0.425. The van der Waals surface area contributed by atoms with E-state index in [4.69, 9.17) is 15.4 Å². The number of nitrogens with zero attached hydrogens (tertiary/aromatic N) is 7. The zero-order valence-electron chi connectivity index (χ0n) is 18.2. The fourth-order valence-electron chi connectivity index (χ4n) is 3.73. The molecule has 0 spiro atoms. The van der Waals surface area contributed by atoms with Gasteiger partial charge in [0.2, 0.25) is 0 Å². The number of rotatable bonds is 5. The van der Waals surface area contributed by atoms with Crippen molar-refractivity contribution in [1.29, 1.82) is 0 Å². The number of fused-ring (bicyclic) bond motifs is 1. The fraction of sp³-hybridized carbons (Fsp3) is 0.182. The van der Waals surface area contributed by atoms with Crippen molar-refractivity contribution in [2.75, 3.05) is 11.1 Å². The van der Waals surface area contributed by atoms with Gasteiger partial charge in [0.05, 0.1) is 11.7 Å². The van der Waals surface area contributed by atoms with Crippen molar-refractivity contribution in [3.05, 3.63) is 76.5 Å². The van der Waals surface area contributed by atoms with E-state index in [1.807, 2.05) is 50.2 Å². The number of nitrogens with one attached hydrogen (secondary N) is 1. The Hall–Kier alpha value is -4.54. The summed E-state index contributed by atoms with van der Waals surface area (Å²) in [6, 6.07) is 10.8. The van der Waals surface area contributed by atoms with Gasteiger partial charge in [0.25, 0.3) is 11.4 Å². The van der Waals surface area contributed by atoms with Crippen LogP contribution in [-0.4, -0.2) is 34.3 Å². The molecule has 11 nitrogen and oxygen atoms in total. The SMILES string of the molecule is Cc1noc(-c2c(N)ncnc2NC(C)c2nn3ccc(C)c3c(=O)n2-c2ccccc2)n1. The van der Waals surface area contributed by atoms with Crippen molar-refractivity contribution >= 4 is 17.2 Å². The molecule has 0 aliphatic rings. The number of aromatic nitrogens is 7. The number of hydrogen-bond donors (Lipinski definition) is 2. The molecule has 3 N–H and O–H groups in total. The van der Waals surface area contributed by atoms with Crippen LogP contribution in [0.2, 0.25) is 0 Å². The van der Waals surface area contributed by atoms with Crippen LogP contribution < -0.4 is 16.6 Å². The molecule has 0 radical (unpaired) electrons. The third-order valence-electron chi connectivity index (χ3n) is 5.29. The Labute approximate surface area is 187 Å². The van der Waals surface area contributed by atoms with Crippen molar-refractivity contribution in [3.8, 4) is 17.1 Å². The van der Waals surface area contributed by atoms with Gasteiger partial charge in [0.1, 0.15) is 29.0 Å². The molecule has 0 saturated carbocycles. The van der Waals surface area contributed by atoms with Crippen molar-refractivity contribution < 1.29 is 4.52 Å². The monoisotopic (exact) mass is 443 g/mol. The van der Waals surface area contributed by atoms with E-state index in [0.29, 0.717) is 34.2 Å². The molecule has 166 valence electrons. The Bertz CT molecular complexity index is 1520. The molecule has 1 atom stereocenters. The first-order valence-corrected chi connectivity index (χ1v) is 10.3. The van der Waals surface area contributed by atoms with E-state index < -0.39 is 6.04 Å². The van der Waals surface area contributed by atoms with Gasteiger partial charge in [-0.2, -0.15) is 10.1 Å². The van der Waals surface area contributed by atoms with E-state index in [1.165, 1.54) is 6.33 Å². The molecule has 0 saturated heterocycles. The van der Waals surface area contributed by atoms with E-state index in [0.717, 1.165) is 5.56 Å². The summed E-state index contributed by atoms with van der Waals surface area (Å²) in [6.45, 7) is 5.47. The normalized spacial score (nSPS) is 12.2. The van der Waals surface area contributed by atoms with Crippen LogP contribution in [0.3, 0.4) is 0 Å². The zero-order valence-corrected chi connectivity index (χ0v) is 18.2. The number of anilines is 2. The minimum absolute atomic E-state index is 0.169. The lowest BCUT2D eigenvalue weighted by Crippen LogP contribution is -2.29. The average Bonchev–Trinajstić information content (AvgIpc) is 3.40. The highest BCUT2D eigenvalue weighted by molar-refractivity contribution is 5.78. The van der Waals surface area contributed by atoms with Gasteiger partial charge in [-0.25, -0.2) is 14.5 Å². The Morgan fingerprint density at radius 1 is 1.12 bits per heavy atom. The smallest absolute Gasteiger partial charge is 0.282 e. The predicted octanol–water partition coefficient (Wildman–Crippen LogP) is 2.70. The third kappa shape index (κ3) is 3.49. The molecule has 0 fully saturated rings. The first-order valence-electron chi connectivity index (χ1n) is 10.3. The van der Waals surface area contributed by atoms with Crippen LogP contribution in [0.5, 0.6) is 0 Å². The Morgan fingerprint density at radius 3 is 2.64 bits per heavy atom. The van der Waals surface area contributed by atoms with Crippen molar-refractivity contribution in [3.63, 3.8) is 0 Å². The van der Waals surface area contributed by atoms with Gasteiger partial charge in [0, 0.05) is 6.20 Å². The number of nitrogens with two attached hydrogens (primary N) is 1. The highest BCUT2D eigenvalue weighted by Gasteiger charge is 2.23. The van der Waals surface area contributed by atoms with Crippen molar-refractivity contribution in [2.45, 2.75) is 26.8 Å². The Balaban J connectivity index is 1.66. The highest BCUT2D eigenvalue weighted by Crippen LogP contribution is 2.31. The number of hydrogen-bond acceptors (Lipinski definition) is 9. The van der Waals surface area contributed by atoms with Crippen LogP contribution in [0.25, 0.3) is 22.7 Å². The average molecular weight is 443 g/mol. The first-order chi connectivity index (χ1) is 15.9. The van der Waals surface area contributed by atoms with Gasteiger partial charge < -0.3 is 15.6 Å². The summed E-state index contributed by atoms with van der Waals surface area (Å²) in [6.07, 6.45) is 3.11.